The molecule has 0 atom stereocenters. The summed E-state index contributed by atoms with van der Waals surface area (Å²) in [5, 5.41) is 0. The van der Waals surface area contributed by atoms with Crippen LogP contribution in [-0.2, 0) is 0 Å². The Morgan fingerprint density at radius 3 is 0.500 bits per heavy atom. The molecule has 0 spiro atoms. The second kappa shape index (κ2) is 38.6. The van der Waals surface area contributed by atoms with Crippen LogP contribution in [0.3, 0.4) is 0 Å². The molecule has 0 saturated heterocycles. The van der Waals surface area contributed by atoms with Gasteiger partial charge in [-0.05, 0) is 0 Å². The molecule has 0 aliphatic heterocycles. The standard InChI is InChI=1S/4ClH.Pb.Sr/h4*1H;;/q;;;;2*+2/p-4. The van der Waals surface area contributed by atoms with E-state index < -0.39 is 0 Å². The minimum Gasteiger partial charge on any atom is -1.00 e. The Kier molecular flexibility index (Phi) is 355. The minimum absolute atomic E-state index is 0. The molecule has 0 nitrogen and oxygen atoms in total. The molecular formula is Cl4PbSr. The van der Waals surface area contributed by atoms with Gasteiger partial charge in [0.2, 0.25) is 0 Å². The van der Waals surface area contributed by atoms with Gasteiger partial charge in [0.05, 0.1) is 0 Å². The van der Waals surface area contributed by atoms with Gasteiger partial charge < -0.3 is 49.6 Å². The molecule has 0 amide bonds. The molecular weight excluding hydrogens is 437 g/mol. The van der Waals surface area contributed by atoms with Crippen molar-refractivity contribution < 1.29 is 49.6 Å². The van der Waals surface area contributed by atoms with E-state index in [4.69, 9.17) is 0 Å². The van der Waals surface area contributed by atoms with Crippen LogP contribution in [0, 0.1) is 0 Å². The van der Waals surface area contributed by atoms with Crippen molar-refractivity contribution in [2.45, 2.75) is 0 Å². The first kappa shape index (κ1) is 55.2. The van der Waals surface area contributed by atoms with Gasteiger partial charge in [-0.15, -0.1) is 0 Å². The molecule has 0 bridgehead atoms. The average Bonchev–Trinajstić information content (AvgIpc) is 0. The first-order valence-corrected chi connectivity index (χ1v) is 0. The third-order valence-corrected chi connectivity index (χ3v) is 0. The van der Waals surface area contributed by atoms with Crippen LogP contribution in [0.25, 0.3) is 0 Å². The monoisotopic (exact) mass is 436 g/mol. The molecule has 6 heteroatoms. The van der Waals surface area contributed by atoms with Crippen LogP contribution in [0.1, 0.15) is 0 Å². The molecule has 0 heterocycles. The zero-order chi connectivity index (χ0) is 0. The molecule has 0 saturated carbocycles. The Balaban J connectivity index is 0. The van der Waals surface area contributed by atoms with Crippen LogP contribution in [0.2, 0.25) is 0 Å². The van der Waals surface area contributed by atoms with Crippen LogP contribution >= 0.6 is 0 Å². The molecule has 0 rings (SSSR count). The second-order valence-corrected chi connectivity index (χ2v) is 0. The van der Waals surface area contributed by atoms with Crippen molar-refractivity contribution in [2.24, 2.45) is 0 Å². The Bertz CT molecular complexity index is 7.51. The van der Waals surface area contributed by atoms with E-state index in [1.54, 1.807) is 0 Å². The van der Waals surface area contributed by atoms with Gasteiger partial charge >= 0.3 is 72.8 Å². The Hall–Kier alpha value is 3.56. The number of halogens is 4. The number of hydrogen-bond acceptors (Lipinski definition) is 0. The Morgan fingerprint density at radius 2 is 0.500 bits per heavy atom. The summed E-state index contributed by atoms with van der Waals surface area (Å²) in [6.45, 7) is 0. The smallest absolute Gasteiger partial charge is 1.00 e. The quantitative estimate of drug-likeness (QED) is 0.331. The Morgan fingerprint density at radius 1 is 0.500 bits per heavy atom. The summed E-state index contributed by atoms with van der Waals surface area (Å²) >= 11 is 0. The van der Waals surface area contributed by atoms with Gasteiger partial charge in [-0.25, -0.2) is 0 Å². The SMILES string of the molecule is [Cl-].[Cl-].[Cl-].[Cl-].[Pb+2].[Sr+2]. The van der Waals surface area contributed by atoms with E-state index in [1.165, 1.54) is 0 Å². The van der Waals surface area contributed by atoms with Crippen molar-refractivity contribution in [3.63, 3.8) is 0 Å². The van der Waals surface area contributed by atoms with E-state index >= 15 is 0 Å². The molecule has 34 valence electrons. The van der Waals surface area contributed by atoms with E-state index in [0.717, 1.165) is 0 Å². The Labute approximate surface area is 120 Å². The minimum atomic E-state index is 0. The summed E-state index contributed by atoms with van der Waals surface area (Å²) in [4.78, 5) is 0. The topological polar surface area (TPSA) is 0 Å². The van der Waals surface area contributed by atoms with Gasteiger partial charge in [0.1, 0.15) is 0 Å². The van der Waals surface area contributed by atoms with Crippen LogP contribution in [0.4, 0.5) is 0 Å². The maximum absolute atomic E-state index is 0. The largest absolute Gasteiger partial charge is 2.00 e. The second-order valence-electron chi connectivity index (χ2n) is 0. The van der Waals surface area contributed by atoms with Gasteiger partial charge in [-0.3, -0.25) is 0 Å². The molecule has 0 fully saturated rings. The molecule has 0 aromatic carbocycles. The van der Waals surface area contributed by atoms with E-state index in [9.17, 15) is 0 Å². The molecule has 0 aliphatic carbocycles. The van der Waals surface area contributed by atoms with E-state index in [0.29, 0.717) is 0 Å². The summed E-state index contributed by atoms with van der Waals surface area (Å²) < 4.78 is 0. The molecule has 0 aromatic rings. The van der Waals surface area contributed by atoms with Crippen molar-refractivity contribution in [2.75, 3.05) is 0 Å². The van der Waals surface area contributed by atoms with Gasteiger partial charge in [0.15, 0.2) is 0 Å². The summed E-state index contributed by atoms with van der Waals surface area (Å²) in [6.07, 6.45) is 0. The van der Waals surface area contributed by atoms with Gasteiger partial charge in [0, 0.05) is 0 Å². The van der Waals surface area contributed by atoms with E-state index in [2.05, 4.69) is 0 Å². The van der Waals surface area contributed by atoms with E-state index in [-0.39, 0.29) is 122 Å². The third-order valence-electron chi connectivity index (χ3n) is 0. The van der Waals surface area contributed by atoms with E-state index in [1.807, 2.05) is 0 Å². The van der Waals surface area contributed by atoms with Crippen LogP contribution in [0.15, 0.2) is 0 Å². The van der Waals surface area contributed by atoms with Crippen molar-refractivity contribution in [3.05, 3.63) is 0 Å². The number of rotatable bonds is 0. The van der Waals surface area contributed by atoms with Gasteiger partial charge in [0.25, 0.3) is 0 Å². The predicted molar refractivity (Wildman–Crippen MR) is 11.5 cm³/mol. The van der Waals surface area contributed by atoms with Crippen molar-refractivity contribution in [1.29, 1.82) is 0 Å². The molecule has 6 heavy (non-hydrogen) atoms. The zero-order valence-electron chi connectivity index (χ0n) is 2.72. The van der Waals surface area contributed by atoms with Crippen LogP contribution in [-0.4, -0.2) is 72.8 Å². The molecule has 0 aromatic heterocycles. The first-order valence-electron chi connectivity index (χ1n) is 0. The fraction of sp³-hybridized carbons (Fsp3) is 0. The summed E-state index contributed by atoms with van der Waals surface area (Å²) in [6, 6.07) is 0. The van der Waals surface area contributed by atoms with Crippen LogP contribution in [0.5, 0.6) is 0 Å². The molecule has 0 aliphatic rings. The summed E-state index contributed by atoms with van der Waals surface area (Å²) in [5.41, 5.74) is 0. The van der Waals surface area contributed by atoms with Crippen LogP contribution < -0.4 is 49.6 Å². The summed E-state index contributed by atoms with van der Waals surface area (Å²) in [5.74, 6) is 0. The first-order chi connectivity index (χ1) is 0. The maximum atomic E-state index is 0. The number of hydrogen-bond donors (Lipinski definition) is 0. The van der Waals surface area contributed by atoms with Crippen molar-refractivity contribution in [3.8, 4) is 0 Å². The average molecular weight is 437 g/mol. The molecule has 0 unspecified atom stereocenters. The van der Waals surface area contributed by atoms with Crippen molar-refractivity contribution >= 4 is 72.8 Å². The normalized spacial score (nSPS) is 0. The van der Waals surface area contributed by atoms with Gasteiger partial charge in [-0.2, -0.15) is 0 Å². The maximum Gasteiger partial charge on any atom is 2.00 e. The fourth-order valence-electron chi connectivity index (χ4n) is 0. The fourth-order valence-corrected chi connectivity index (χ4v) is 0. The predicted octanol–water partition coefficient (Wildman–Crippen LogP) is -12.7. The van der Waals surface area contributed by atoms with Gasteiger partial charge in [-0.1, -0.05) is 0 Å². The molecule has 2 radical (unpaired) electrons. The van der Waals surface area contributed by atoms with Crippen molar-refractivity contribution in [1.82, 2.24) is 0 Å². The third kappa shape index (κ3) is 25.7. The molecule has 0 N–H and O–H groups in total. The summed E-state index contributed by atoms with van der Waals surface area (Å²) in [7, 11) is 0. The zero-order valence-corrected chi connectivity index (χ0v) is 13.1.